The van der Waals surface area contributed by atoms with Crippen molar-refractivity contribution < 1.29 is 0 Å². The van der Waals surface area contributed by atoms with Crippen molar-refractivity contribution in [3.05, 3.63) is 143 Å². The summed E-state index contributed by atoms with van der Waals surface area (Å²) in [6.07, 6.45) is 26.0. The summed E-state index contributed by atoms with van der Waals surface area (Å²) in [4.78, 5) is 5.26. The molecular weight excluding hydrogens is 561 g/mol. The lowest BCUT2D eigenvalue weighted by Gasteiger charge is -2.33. The highest BCUT2D eigenvalue weighted by atomic mass is 32.2. The molecule has 0 fully saturated rings. The van der Waals surface area contributed by atoms with Gasteiger partial charge in [0.25, 0.3) is 0 Å². The van der Waals surface area contributed by atoms with Crippen LogP contribution in [0.3, 0.4) is 0 Å². The molecule has 0 saturated heterocycles. The third-order valence-electron chi connectivity index (χ3n) is 9.44. The Morgan fingerprint density at radius 3 is 2.72 bits per heavy atom. The van der Waals surface area contributed by atoms with Crippen LogP contribution in [-0.4, -0.2) is 6.04 Å². The molecule has 3 heterocycles. The highest BCUT2D eigenvalue weighted by molar-refractivity contribution is 8.03. The number of nitrogens with zero attached hydrogens (tertiary/aromatic N) is 2. The van der Waals surface area contributed by atoms with Crippen LogP contribution in [0.4, 0.5) is 5.69 Å². The molecular formula is C39H28N2S2. The molecule has 0 spiro atoms. The minimum Gasteiger partial charge on any atom is -0.336 e. The summed E-state index contributed by atoms with van der Waals surface area (Å²) >= 11 is 3.81. The second-order valence-electron chi connectivity index (χ2n) is 12.1. The van der Waals surface area contributed by atoms with Crippen molar-refractivity contribution in [2.75, 3.05) is 4.90 Å². The second-order valence-corrected chi connectivity index (χ2v) is 14.2. The minimum absolute atomic E-state index is 0.216. The van der Waals surface area contributed by atoms with Gasteiger partial charge in [0.2, 0.25) is 0 Å². The van der Waals surface area contributed by atoms with Crippen molar-refractivity contribution >= 4 is 49.0 Å². The van der Waals surface area contributed by atoms with Gasteiger partial charge in [-0.1, -0.05) is 104 Å². The molecule has 4 unspecified atom stereocenters. The van der Waals surface area contributed by atoms with E-state index in [1.807, 2.05) is 29.2 Å². The Balaban J connectivity index is 1.22. The monoisotopic (exact) mass is 588 g/mol. The van der Waals surface area contributed by atoms with Gasteiger partial charge in [-0.2, -0.15) is 5.26 Å². The van der Waals surface area contributed by atoms with Gasteiger partial charge in [-0.15, -0.1) is 11.3 Å². The SMILES string of the molecule is CC1C=CC2=C(C1)N(c1cc(C#N)ccc1-c1ccc3sc4c5c(ccc4c3c1)C1C=CC=CC(=C1)S5)C1C=CC=CC21. The first kappa shape index (κ1) is 25.2. The van der Waals surface area contributed by atoms with Crippen molar-refractivity contribution in [2.24, 2.45) is 11.8 Å². The zero-order chi connectivity index (χ0) is 28.7. The van der Waals surface area contributed by atoms with E-state index in [0.717, 1.165) is 12.1 Å². The highest BCUT2D eigenvalue weighted by Gasteiger charge is 2.40. The first-order valence-electron chi connectivity index (χ1n) is 15.0. The molecule has 3 aromatic carbocycles. The van der Waals surface area contributed by atoms with Gasteiger partial charge in [0.1, 0.15) is 0 Å². The number of hydrogen-bond donors (Lipinski definition) is 0. The molecule has 2 bridgehead atoms. The molecule has 2 nitrogen and oxygen atoms in total. The predicted molar refractivity (Wildman–Crippen MR) is 182 cm³/mol. The van der Waals surface area contributed by atoms with E-state index in [4.69, 9.17) is 0 Å². The molecule has 3 aliphatic carbocycles. The molecule has 0 amide bonds. The largest absolute Gasteiger partial charge is 0.336 e. The third kappa shape index (κ3) is 3.85. The van der Waals surface area contributed by atoms with Gasteiger partial charge in [-0.05, 0) is 59.4 Å². The van der Waals surface area contributed by atoms with Gasteiger partial charge in [0.15, 0.2) is 0 Å². The van der Waals surface area contributed by atoms with Crippen molar-refractivity contribution in [3.8, 4) is 17.2 Å². The fraction of sp³-hybridized carbons (Fsp3) is 0.154. The number of hydrogen-bond acceptors (Lipinski definition) is 4. The average molecular weight is 589 g/mol. The molecule has 0 N–H and O–H groups in total. The van der Waals surface area contributed by atoms with Crippen molar-refractivity contribution in [3.63, 3.8) is 0 Å². The van der Waals surface area contributed by atoms with E-state index in [9.17, 15) is 5.26 Å². The maximum Gasteiger partial charge on any atom is 0.0992 e. The molecule has 4 atom stereocenters. The van der Waals surface area contributed by atoms with Gasteiger partial charge < -0.3 is 4.90 Å². The summed E-state index contributed by atoms with van der Waals surface area (Å²) in [6.45, 7) is 2.30. The number of allylic oxidation sites excluding steroid dienone is 10. The van der Waals surface area contributed by atoms with E-state index in [2.05, 4.69) is 127 Å². The van der Waals surface area contributed by atoms with Gasteiger partial charge in [0, 0.05) is 53.1 Å². The van der Waals surface area contributed by atoms with E-state index >= 15 is 0 Å². The number of anilines is 1. The summed E-state index contributed by atoms with van der Waals surface area (Å²) in [7, 11) is 0. The fourth-order valence-corrected chi connectivity index (χ4v) is 9.93. The topological polar surface area (TPSA) is 27.0 Å². The smallest absolute Gasteiger partial charge is 0.0992 e. The Labute approximate surface area is 260 Å². The van der Waals surface area contributed by atoms with E-state index in [1.54, 1.807) is 0 Å². The van der Waals surface area contributed by atoms with Crippen LogP contribution in [-0.2, 0) is 0 Å². The first-order valence-corrected chi connectivity index (χ1v) is 16.6. The normalized spacial score (nSPS) is 24.7. The van der Waals surface area contributed by atoms with Crippen molar-refractivity contribution in [1.82, 2.24) is 0 Å². The Kier molecular flexibility index (Phi) is 5.64. The lowest BCUT2D eigenvalue weighted by Crippen LogP contribution is -2.33. The number of thioether (sulfide) groups is 1. The van der Waals surface area contributed by atoms with Gasteiger partial charge in [-0.25, -0.2) is 0 Å². The zero-order valence-corrected chi connectivity index (χ0v) is 25.3. The molecule has 206 valence electrons. The molecule has 1 aromatic heterocycles. The van der Waals surface area contributed by atoms with Crippen LogP contribution in [0.1, 0.15) is 30.4 Å². The molecule has 5 aliphatic rings. The number of fused-ring (bicyclic) bond motifs is 9. The van der Waals surface area contributed by atoms with E-state index in [0.29, 0.717) is 23.3 Å². The Hall–Kier alpha value is -4.30. The van der Waals surface area contributed by atoms with Crippen LogP contribution in [0.15, 0.2) is 136 Å². The maximum atomic E-state index is 9.95. The highest BCUT2D eigenvalue weighted by Crippen LogP contribution is 2.51. The third-order valence-corrected chi connectivity index (χ3v) is 11.9. The number of thiophene rings is 1. The second kappa shape index (κ2) is 9.61. The van der Waals surface area contributed by atoms with Crippen LogP contribution in [0.25, 0.3) is 31.3 Å². The number of rotatable bonds is 2. The predicted octanol–water partition coefficient (Wildman–Crippen LogP) is 10.6. The lowest BCUT2D eigenvalue weighted by molar-refractivity contribution is 0.664. The summed E-state index contributed by atoms with van der Waals surface area (Å²) in [5.74, 6) is 1.15. The summed E-state index contributed by atoms with van der Waals surface area (Å²) in [5.41, 5.74) is 8.41. The molecule has 0 radical (unpaired) electrons. The Morgan fingerprint density at radius 1 is 0.884 bits per heavy atom. The van der Waals surface area contributed by atoms with Gasteiger partial charge in [-0.3, -0.25) is 0 Å². The van der Waals surface area contributed by atoms with E-state index < -0.39 is 0 Å². The summed E-state index contributed by atoms with van der Waals surface area (Å²) < 4.78 is 2.70. The quantitative estimate of drug-likeness (QED) is 0.233. The average Bonchev–Trinajstić information content (AvgIpc) is 3.50. The summed E-state index contributed by atoms with van der Waals surface area (Å²) in [6, 6.07) is 20.5. The van der Waals surface area contributed by atoms with Crippen LogP contribution in [0.2, 0.25) is 0 Å². The summed E-state index contributed by atoms with van der Waals surface area (Å²) in [5, 5.41) is 12.6. The maximum absolute atomic E-state index is 9.95. The van der Waals surface area contributed by atoms with E-state index in [-0.39, 0.29) is 6.04 Å². The number of benzene rings is 3. The van der Waals surface area contributed by atoms with Crippen LogP contribution < -0.4 is 4.90 Å². The first-order chi connectivity index (χ1) is 21.2. The van der Waals surface area contributed by atoms with Crippen LogP contribution in [0.5, 0.6) is 0 Å². The van der Waals surface area contributed by atoms with E-state index in [1.165, 1.54) is 57.9 Å². The molecule has 9 rings (SSSR count). The standard InChI is InChI=1S/C39H28N2S2/c1-23-10-13-31-30-8-4-5-9-34(30)41(35(31)18-23)36-19-24(22-40)11-14-28(36)26-12-17-37-33(21-26)32-16-15-29-25-6-2-3-7-27(20-25)42-38(29)39(32)43-37/h2-17,19-21,23,25,30,34H,18H2,1H3. The molecule has 4 heteroatoms. The van der Waals surface area contributed by atoms with Crippen LogP contribution >= 0.6 is 23.1 Å². The van der Waals surface area contributed by atoms with Crippen molar-refractivity contribution in [1.29, 1.82) is 5.26 Å². The minimum atomic E-state index is 0.216. The number of nitriles is 1. The lowest BCUT2D eigenvalue weighted by atomic mass is 9.87. The van der Waals surface area contributed by atoms with Gasteiger partial charge >= 0.3 is 0 Å². The van der Waals surface area contributed by atoms with Crippen molar-refractivity contribution in [2.45, 2.75) is 30.2 Å². The van der Waals surface area contributed by atoms with Gasteiger partial charge in [0.05, 0.1) is 23.4 Å². The molecule has 4 aromatic rings. The molecule has 2 aliphatic heterocycles. The molecule has 43 heavy (non-hydrogen) atoms. The fourth-order valence-electron chi connectivity index (χ4n) is 7.42. The van der Waals surface area contributed by atoms with Crippen LogP contribution in [0, 0.1) is 23.2 Å². The Bertz CT molecular complexity index is 2140. The zero-order valence-electron chi connectivity index (χ0n) is 23.7. The molecule has 0 saturated carbocycles. The Morgan fingerprint density at radius 2 is 1.79 bits per heavy atom.